The van der Waals surface area contributed by atoms with Crippen molar-refractivity contribution in [3.05, 3.63) is 59.6 Å². The summed E-state index contributed by atoms with van der Waals surface area (Å²) in [6.07, 6.45) is 21.4. The summed E-state index contributed by atoms with van der Waals surface area (Å²) >= 11 is 0. The Morgan fingerprint density at radius 1 is 0.510 bits per heavy atom. The van der Waals surface area contributed by atoms with Crippen molar-refractivity contribution >= 4 is 148 Å². The molecule has 0 radical (unpaired) electrons. The number of carbonyl (C=O) groups excluding carboxylic acids is 16. The number of primary amides is 1. The number of aromatic amines is 1. The highest BCUT2D eigenvalue weighted by Crippen LogP contribution is 2.29. The van der Waals surface area contributed by atoms with Crippen molar-refractivity contribution in [1.82, 2.24) is 94.1 Å². The number of guanidine groups is 1. The highest BCUT2D eigenvalue weighted by atomic mass is 16.5. The number of allylic oxidation sites excluding steroid dienone is 2. The largest absolute Gasteiger partial charge is 0.481 e. The Bertz CT molecular complexity index is 4950. The predicted octanol–water partition coefficient (Wildman–Crippen LogP) is 0.396. The van der Waals surface area contributed by atoms with Crippen LogP contribution >= 0.6 is 0 Å². The molecule has 1 aromatic heterocycles. The molecule has 11 atom stereocenters. The highest BCUT2D eigenvalue weighted by molar-refractivity contribution is 6.01. The van der Waals surface area contributed by atoms with Gasteiger partial charge in [-0.25, -0.2) is 0 Å². The van der Waals surface area contributed by atoms with Crippen molar-refractivity contribution in [2.75, 3.05) is 91.9 Å². The van der Waals surface area contributed by atoms with Gasteiger partial charge in [0.25, 0.3) is 0 Å². The minimum absolute atomic E-state index is 0.00889. The van der Waals surface area contributed by atoms with Gasteiger partial charge in [-0.1, -0.05) is 101 Å². The number of nitrogens with zero attached hydrogens (tertiary/aromatic N) is 5. The number of nitrogens with two attached hydrogens (primary N) is 2. The number of benzene rings is 1. The van der Waals surface area contributed by atoms with E-state index < -0.39 is 230 Å². The van der Waals surface area contributed by atoms with Gasteiger partial charge in [-0.15, -0.1) is 0 Å². The second-order valence-corrected chi connectivity index (χ2v) is 37.9. The van der Waals surface area contributed by atoms with Crippen molar-refractivity contribution in [2.45, 2.75) is 324 Å². The lowest BCUT2D eigenvalue weighted by Crippen LogP contribution is -2.60. The number of likely N-dealkylation sites (tertiary alicyclic amines) is 2. The maximum atomic E-state index is 15.6. The lowest BCUT2D eigenvalue weighted by molar-refractivity contribution is -0.148. The minimum Gasteiger partial charge on any atom is -0.481 e. The highest BCUT2D eigenvalue weighted by Gasteiger charge is 2.46. The summed E-state index contributed by atoms with van der Waals surface area (Å²) in [6, 6.07) is -9.21. The number of amides is 16. The third-order valence-corrected chi connectivity index (χ3v) is 25.9. The van der Waals surface area contributed by atoms with Gasteiger partial charge in [0, 0.05) is 145 Å². The maximum Gasteiger partial charge on any atom is 0.317 e. The molecule has 0 aliphatic carbocycles. The first-order chi connectivity index (χ1) is 71.5. The number of unbranched alkanes of at least 4 members (excludes halogenated alkanes) is 14. The number of hydrogen-bond acceptors (Lipinski definition) is 26. The summed E-state index contributed by atoms with van der Waals surface area (Å²) < 4.78 is 11.0. The number of carbonyl (C=O) groups is 20. The van der Waals surface area contributed by atoms with Crippen LogP contribution < -0.4 is 85.9 Å². The number of nitrogens with one attached hydrogen (secondary N) is 16. The number of aromatic nitrogens is 1. The smallest absolute Gasteiger partial charge is 0.317 e. The number of hydrogen-bond donors (Lipinski definition) is 22. The number of aliphatic imine (C=N–C) groups is 2. The summed E-state index contributed by atoms with van der Waals surface area (Å²) in [7, 11) is 0. The predicted molar refractivity (Wildman–Crippen MR) is 544 cm³/mol. The fourth-order valence-corrected chi connectivity index (χ4v) is 18.1. The Morgan fingerprint density at radius 2 is 1.08 bits per heavy atom. The Kier molecular flexibility index (Phi) is 55.6. The molecule has 3 fully saturated rings. The van der Waals surface area contributed by atoms with Crippen molar-refractivity contribution < 1.29 is 126 Å². The van der Waals surface area contributed by atoms with E-state index in [0.717, 1.165) is 62.7 Å². The van der Waals surface area contributed by atoms with Crippen LogP contribution in [-0.4, -0.2) is 335 Å². The van der Waals surface area contributed by atoms with Gasteiger partial charge >= 0.3 is 23.9 Å². The van der Waals surface area contributed by atoms with E-state index in [1.807, 2.05) is 0 Å². The zero-order valence-corrected chi connectivity index (χ0v) is 85.2. The number of carboxylic acid groups (broad SMARTS) is 4. The Morgan fingerprint density at radius 3 is 1.72 bits per heavy atom. The molecule has 0 unspecified atom stereocenters. The van der Waals surface area contributed by atoms with E-state index in [1.165, 1.54) is 48.6 Å². The summed E-state index contributed by atoms with van der Waals surface area (Å²) in [5.41, 5.74) is 13.3. The number of aliphatic carboxylic acids is 4. The lowest BCUT2D eigenvalue weighted by atomic mass is 10.0. The second-order valence-electron chi connectivity index (χ2n) is 37.9. The number of carboxylic acids is 4. The molecule has 0 bridgehead atoms. The lowest BCUT2D eigenvalue weighted by Gasteiger charge is -2.34. The average Bonchev–Trinajstić information content (AvgIpc) is 1.66. The van der Waals surface area contributed by atoms with E-state index in [2.05, 4.69) is 89.4 Å². The molecule has 149 heavy (non-hydrogen) atoms. The number of fused-ring (bicyclic) bond motifs is 1. The Balaban J connectivity index is 1.01. The zero-order chi connectivity index (χ0) is 108. The van der Waals surface area contributed by atoms with Crippen molar-refractivity contribution in [2.24, 2.45) is 21.5 Å². The van der Waals surface area contributed by atoms with Crippen molar-refractivity contribution in [1.29, 1.82) is 5.41 Å². The second kappa shape index (κ2) is 67.9. The van der Waals surface area contributed by atoms with Gasteiger partial charge in [-0.2, -0.15) is 0 Å². The van der Waals surface area contributed by atoms with Crippen LogP contribution in [0.4, 0.5) is 0 Å². The molecule has 0 saturated carbocycles. The number of para-hydroxylation sites is 1. The van der Waals surface area contributed by atoms with Crippen LogP contribution in [0.5, 0.6) is 0 Å². The summed E-state index contributed by atoms with van der Waals surface area (Å²) in [5.74, 6) is -17.9. The van der Waals surface area contributed by atoms with E-state index in [1.54, 1.807) is 48.8 Å². The number of ether oxygens (including phenoxy) is 2. The van der Waals surface area contributed by atoms with Crippen LogP contribution in [0.2, 0.25) is 0 Å². The maximum absolute atomic E-state index is 15.6. The SMILES string of the molecule is CC(=O)N[C@H]1CCCCNC(=O)CC[C@@H](C(=O)N2CCC[C@H]2C(=O)N2CCC[C@H]2C(=O)N[C@@H](CC2=CCC=N2)C(=O)N[C@@H](CCC(=O)O)C(=O)N[C@@H](CCCCN(CC(=O)O)CC(=O)O)C(=O)N[C@@H](CCCCNC(=O)COCCOCCNC(=O)CCCCCCCCCCCCCCCC(=O)O)C(N)=O)NC(=O)[C@H](Cc2c[nH]c3ccccc23)NC(=O)[C@H](CCCNC(=N)N)NC(=O)CNC(=O)[C@H](CC2=CCC=N2)NC1=O. The molecule has 7 rings (SSSR count). The molecule has 49 heteroatoms. The van der Waals surface area contributed by atoms with Crippen LogP contribution in [0.3, 0.4) is 0 Å². The molecule has 5 aliphatic rings. The van der Waals surface area contributed by atoms with E-state index in [4.69, 9.17) is 31.5 Å². The Labute approximate surface area is 865 Å². The molecule has 49 nitrogen and oxygen atoms in total. The van der Waals surface area contributed by atoms with Gasteiger partial charge < -0.3 is 131 Å². The number of rotatable bonds is 63. The molecule has 0 spiro atoms. The van der Waals surface area contributed by atoms with Crippen LogP contribution in [0.25, 0.3) is 10.9 Å². The monoisotopic (exact) mass is 2090 g/mol. The molecule has 824 valence electrons. The fourth-order valence-electron chi connectivity index (χ4n) is 18.1. The van der Waals surface area contributed by atoms with Gasteiger partial charge in [0.15, 0.2) is 5.96 Å². The van der Waals surface area contributed by atoms with E-state index in [0.29, 0.717) is 53.7 Å². The van der Waals surface area contributed by atoms with E-state index in [9.17, 15) is 87.2 Å². The van der Waals surface area contributed by atoms with Gasteiger partial charge in [0.2, 0.25) is 94.5 Å². The van der Waals surface area contributed by atoms with Crippen molar-refractivity contribution in [3.8, 4) is 0 Å². The third-order valence-electron chi connectivity index (χ3n) is 25.9. The minimum atomic E-state index is -1.80. The van der Waals surface area contributed by atoms with Crippen LogP contribution in [0.15, 0.2) is 64.0 Å². The van der Waals surface area contributed by atoms with Gasteiger partial charge in [0.05, 0.1) is 39.5 Å². The normalized spacial score (nSPS) is 19.4. The van der Waals surface area contributed by atoms with Crippen LogP contribution in [-0.2, 0) is 112 Å². The van der Waals surface area contributed by atoms with Gasteiger partial charge in [-0.05, 0) is 140 Å². The average molecular weight is 2090 g/mol. The number of H-pyrrole nitrogens is 1. The molecular weight excluding hydrogens is 1940 g/mol. The topological polar surface area (TPSA) is 735 Å². The first-order valence-corrected chi connectivity index (χ1v) is 52.0. The molecule has 2 aromatic rings. The molecule has 16 amide bonds. The van der Waals surface area contributed by atoms with Gasteiger partial charge in [0.1, 0.15) is 73.1 Å². The first-order valence-electron chi connectivity index (χ1n) is 52.0. The van der Waals surface area contributed by atoms with Crippen LogP contribution in [0.1, 0.15) is 256 Å². The summed E-state index contributed by atoms with van der Waals surface area (Å²) in [5, 5.41) is 83.5. The van der Waals surface area contributed by atoms with Crippen molar-refractivity contribution in [3.63, 3.8) is 0 Å². The summed E-state index contributed by atoms with van der Waals surface area (Å²) in [6.45, 7) is -0.556. The molecule has 1 aromatic carbocycles. The molecular formula is C100H153N23O26. The Hall–Kier alpha value is -13.9. The zero-order valence-electron chi connectivity index (χ0n) is 85.2. The standard InChI is InChI=1S/C100H153N23O26/c1-64(124)112-71-33-18-21-44-106-82(126)42-40-75(117-95(143)76(56-65-59-110-69-31-16-15-30-68(65)69)118-92(140)72(35-25-48-109-100(102)103)113-83(127)60-111-90(138)77(119-91(71)139)57-66-28-23-46-104-66)98(146)123-52-27-37-80(123)99(147)122-51-26-36-79(122)97(145)120-78(58-67-29-24-47-105-67)96(144)116-74(41-43-86(131)132)94(142)115-73(34-19-22-50-121(61-87(133)134)62-88(135)136)93(141)114-70(89(101)137)32-17-20-45-107-84(128)63-149-55-54-148-53-49-108-81(125)38-13-11-9-7-5-3-2-4-6-8-10-12-14-39-85(129)130/h15-16,28-31,46-47,59,70-80,110H,2-14,17-27,32-45,48-58,60-63H2,1H3,(H2,101,137)(H,106,126)(H,107,128)(H,108,125)(H,111,138)(H,112,124)(H,113,127)(H,114,141)(H,115,142)(H,116,144)(H,117,143)(H,118,140)(H,119,139)(H,120,145)(H,129,130)(H,131,132)(H,133,134)(H,135,136)(H4,102,103,109)/t70-,71-,72-,73-,74-,75-,76-,77-,78-,79-,80-/m0/s1. The molecule has 3 saturated heterocycles. The fraction of sp³-hybridized carbons (Fsp3) is 0.650. The quantitative estimate of drug-likeness (QED) is 0.0242. The van der Waals surface area contributed by atoms with Crippen LogP contribution in [0, 0.1) is 5.41 Å². The molecule has 6 heterocycles. The first kappa shape index (κ1) is 122. The summed E-state index contributed by atoms with van der Waals surface area (Å²) in [4.78, 5) is 289. The third kappa shape index (κ3) is 47.5. The van der Waals surface area contributed by atoms with E-state index in [-0.39, 0.29) is 194 Å². The van der Waals surface area contributed by atoms with Gasteiger partial charge in [-0.3, -0.25) is 116 Å². The molecule has 5 aliphatic heterocycles. The molecule has 24 N–H and O–H groups in total. The van der Waals surface area contributed by atoms with E-state index >= 15 is 24.0 Å².